The molecule has 0 saturated carbocycles. The van der Waals surface area contributed by atoms with Crippen molar-refractivity contribution in [3.05, 3.63) is 23.0 Å². The van der Waals surface area contributed by atoms with Gasteiger partial charge >= 0.3 is 0 Å². The number of carbonyl (C=O) groups is 1. The standard InChI is InChI=1S/C12H16ClN3O/c1-9-7-12(13)14-8-11(9)16-5-3-15(4-6-16)10(2)17/h7-8H,3-6H2,1-2H3. The van der Waals surface area contributed by atoms with Gasteiger partial charge in [-0.2, -0.15) is 0 Å². The summed E-state index contributed by atoms with van der Waals surface area (Å²) in [7, 11) is 0. The Morgan fingerprint density at radius 1 is 1.35 bits per heavy atom. The van der Waals surface area contributed by atoms with Crippen molar-refractivity contribution in [3.63, 3.8) is 0 Å². The van der Waals surface area contributed by atoms with Gasteiger partial charge in [0.05, 0.1) is 11.9 Å². The molecule has 1 aromatic rings. The summed E-state index contributed by atoms with van der Waals surface area (Å²) in [6, 6.07) is 1.87. The maximum Gasteiger partial charge on any atom is 0.219 e. The van der Waals surface area contributed by atoms with E-state index in [1.165, 1.54) is 0 Å². The van der Waals surface area contributed by atoms with Gasteiger partial charge in [0.25, 0.3) is 0 Å². The fourth-order valence-electron chi connectivity index (χ4n) is 2.11. The molecular formula is C12H16ClN3O. The van der Waals surface area contributed by atoms with Crippen LogP contribution < -0.4 is 4.90 Å². The van der Waals surface area contributed by atoms with Crippen molar-refractivity contribution in [1.29, 1.82) is 0 Å². The summed E-state index contributed by atoms with van der Waals surface area (Å²) in [5.41, 5.74) is 2.24. The van der Waals surface area contributed by atoms with Gasteiger partial charge in [-0.3, -0.25) is 4.79 Å². The normalized spacial score (nSPS) is 16.2. The van der Waals surface area contributed by atoms with E-state index < -0.39 is 0 Å². The van der Waals surface area contributed by atoms with Gasteiger partial charge in [-0.25, -0.2) is 4.98 Å². The molecule has 0 aromatic carbocycles. The summed E-state index contributed by atoms with van der Waals surface area (Å²) in [5.74, 6) is 0.149. The fourth-order valence-corrected chi connectivity index (χ4v) is 2.32. The summed E-state index contributed by atoms with van der Waals surface area (Å²) < 4.78 is 0. The Balaban J connectivity index is 2.08. The molecule has 1 aliphatic heterocycles. The lowest BCUT2D eigenvalue weighted by molar-refractivity contribution is -0.129. The molecule has 0 atom stereocenters. The molecule has 2 rings (SSSR count). The molecule has 0 radical (unpaired) electrons. The zero-order chi connectivity index (χ0) is 12.4. The van der Waals surface area contributed by atoms with Crippen molar-refractivity contribution in [2.75, 3.05) is 31.1 Å². The van der Waals surface area contributed by atoms with Crippen LogP contribution in [0.2, 0.25) is 5.15 Å². The van der Waals surface area contributed by atoms with Gasteiger partial charge in [0.15, 0.2) is 0 Å². The van der Waals surface area contributed by atoms with E-state index in [1.807, 2.05) is 17.9 Å². The minimum atomic E-state index is 0.149. The monoisotopic (exact) mass is 253 g/mol. The predicted molar refractivity (Wildman–Crippen MR) is 68.5 cm³/mol. The Kier molecular flexibility index (Phi) is 3.52. The largest absolute Gasteiger partial charge is 0.367 e. The number of hydrogen-bond acceptors (Lipinski definition) is 3. The van der Waals surface area contributed by atoms with Crippen LogP contribution in [-0.4, -0.2) is 42.0 Å². The quantitative estimate of drug-likeness (QED) is 0.715. The highest BCUT2D eigenvalue weighted by Crippen LogP contribution is 2.22. The van der Waals surface area contributed by atoms with Gasteiger partial charge in [-0.05, 0) is 18.6 Å². The van der Waals surface area contributed by atoms with Crippen molar-refractivity contribution >= 4 is 23.2 Å². The number of rotatable bonds is 1. The second kappa shape index (κ2) is 4.92. The van der Waals surface area contributed by atoms with E-state index in [2.05, 4.69) is 9.88 Å². The molecule has 17 heavy (non-hydrogen) atoms. The molecule has 1 fully saturated rings. The van der Waals surface area contributed by atoms with Crippen molar-refractivity contribution in [2.45, 2.75) is 13.8 Å². The first-order chi connectivity index (χ1) is 8.08. The number of hydrogen-bond donors (Lipinski definition) is 0. The number of aromatic nitrogens is 1. The molecule has 1 aliphatic rings. The summed E-state index contributed by atoms with van der Waals surface area (Å²) in [4.78, 5) is 19.5. The Morgan fingerprint density at radius 2 is 2.00 bits per heavy atom. The van der Waals surface area contributed by atoms with E-state index >= 15 is 0 Å². The minimum Gasteiger partial charge on any atom is -0.367 e. The lowest BCUT2D eigenvalue weighted by atomic mass is 10.2. The van der Waals surface area contributed by atoms with Gasteiger partial charge in [0, 0.05) is 33.1 Å². The molecule has 4 nitrogen and oxygen atoms in total. The van der Waals surface area contributed by atoms with Crippen LogP contribution in [0.1, 0.15) is 12.5 Å². The second-order valence-corrected chi connectivity index (χ2v) is 4.67. The summed E-state index contributed by atoms with van der Waals surface area (Å²) in [6.45, 7) is 6.90. The Labute approximate surface area is 106 Å². The molecule has 1 aromatic heterocycles. The smallest absolute Gasteiger partial charge is 0.219 e. The zero-order valence-corrected chi connectivity index (χ0v) is 10.9. The van der Waals surface area contributed by atoms with Crippen LogP contribution in [0, 0.1) is 6.92 Å². The van der Waals surface area contributed by atoms with E-state index in [0.717, 1.165) is 37.4 Å². The topological polar surface area (TPSA) is 36.4 Å². The minimum absolute atomic E-state index is 0.149. The molecule has 0 N–H and O–H groups in total. The van der Waals surface area contributed by atoms with E-state index in [9.17, 15) is 4.79 Å². The van der Waals surface area contributed by atoms with Crippen LogP contribution in [0.15, 0.2) is 12.3 Å². The van der Waals surface area contributed by atoms with Crippen LogP contribution in [0.4, 0.5) is 5.69 Å². The van der Waals surface area contributed by atoms with Crippen molar-refractivity contribution in [2.24, 2.45) is 0 Å². The summed E-state index contributed by atoms with van der Waals surface area (Å²) in [5, 5.41) is 0.522. The third-order valence-corrected chi connectivity index (χ3v) is 3.32. The molecule has 92 valence electrons. The number of halogens is 1. The van der Waals surface area contributed by atoms with Gasteiger partial charge in [0.2, 0.25) is 5.91 Å². The van der Waals surface area contributed by atoms with Crippen LogP contribution >= 0.6 is 11.6 Å². The number of carbonyl (C=O) groups excluding carboxylic acids is 1. The number of nitrogens with zero attached hydrogens (tertiary/aromatic N) is 3. The first kappa shape index (κ1) is 12.2. The Hall–Kier alpha value is -1.29. The van der Waals surface area contributed by atoms with Crippen molar-refractivity contribution in [1.82, 2.24) is 9.88 Å². The number of amides is 1. The first-order valence-corrected chi connectivity index (χ1v) is 6.08. The molecule has 0 aliphatic carbocycles. The molecule has 0 bridgehead atoms. The van der Waals surface area contributed by atoms with Gasteiger partial charge in [-0.1, -0.05) is 11.6 Å². The van der Waals surface area contributed by atoms with Crippen molar-refractivity contribution < 1.29 is 4.79 Å². The first-order valence-electron chi connectivity index (χ1n) is 5.70. The predicted octanol–water partition coefficient (Wildman–Crippen LogP) is 1.71. The number of anilines is 1. The molecule has 5 heteroatoms. The van der Waals surface area contributed by atoms with Gasteiger partial charge in [-0.15, -0.1) is 0 Å². The molecule has 1 amide bonds. The third kappa shape index (κ3) is 2.69. The molecule has 1 saturated heterocycles. The van der Waals surface area contributed by atoms with Gasteiger partial charge < -0.3 is 9.80 Å². The number of piperazine rings is 1. The van der Waals surface area contributed by atoms with Crippen molar-refractivity contribution in [3.8, 4) is 0 Å². The lowest BCUT2D eigenvalue weighted by Gasteiger charge is -2.36. The maximum absolute atomic E-state index is 11.2. The van der Waals surface area contributed by atoms with Crippen LogP contribution in [-0.2, 0) is 4.79 Å². The Bertz CT molecular complexity index is 428. The Morgan fingerprint density at radius 3 is 2.53 bits per heavy atom. The highest BCUT2D eigenvalue weighted by atomic mass is 35.5. The summed E-state index contributed by atoms with van der Waals surface area (Å²) >= 11 is 5.84. The van der Waals surface area contributed by atoms with Crippen LogP contribution in [0.25, 0.3) is 0 Å². The van der Waals surface area contributed by atoms with Crippen LogP contribution in [0.3, 0.4) is 0 Å². The fraction of sp³-hybridized carbons (Fsp3) is 0.500. The molecular weight excluding hydrogens is 238 g/mol. The average Bonchev–Trinajstić information content (AvgIpc) is 2.29. The number of pyridine rings is 1. The molecule has 0 spiro atoms. The van der Waals surface area contributed by atoms with E-state index in [1.54, 1.807) is 13.1 Å². The highest BCUT2D eigenvalue weighted by Gasteiger charge is 2.19. The number of aryl methyl sites for hydroxylation is 1. The third-order valence-electron chi connectivity index (χ3n) is 3.12. The lowest BCUT2D eigenvalue weighted by Crippen LogP contribution is -2.48. The molecule has 2 heterocycles. The van der Waals surface area contributed by atoms with Gasteiger partial charge in [0.1, 0.15) is 5.15 Å². The van der Waals surface area contributed by atoms with E-state index in [4.69, 9.17) is 11.6 Å². The summed E-state index contributed by atoms with van der Waals surface area (Å²) in [6.07, 6.45) is 1.81. The second-order valence-electron chi connectivity index (χ2n) is 4.29. The SMILES string of the molecule is CC(=O)N1CCN(c2cnc(Cl)cc2C)CC1. The highest BCUT2D eigenvalue weighted by molar-refractivity contribution is 6.29. The zero-order valence-electron chi connectivity index (χ0n) is 10.1. The maximum atomic E-state index is 11.2. The van der Waals surface area contributed by atoms with E-state index in [0.29, 0.717) is 5.15 Å². The van der Waals surface area contributed by atoms with E-state index in [-0.39, 0.29) is 5.91 Å². The average molecular weight is 254 g/mol. The molecule has 0 unspecified atom stereocenters. The van der Waals surface area contributed by atoms with Crippen LogP contribution in [0.5, 0.6) is 0 Å².